The van der Waals surface area contributed by atoms with Crippen LogP contribution in [0.1, 0.15) is 10.5 Å². The van der Waals surface area contributed by atoms with Crippen molar-refractivity contribution in [3.05, 3.63) is 66.6 Å². The Morgan fingerprint density at radius 3 is 2.44 bits per heavy atom. The average molecular weight is 489 g/mol. The Bertz CT molecular complexity index is 994. The second-order valence-electron chi connectivity index (χ2n) is 6.79. The van der Waals surface area contributed by atoms with Crippen LogP contribution in [0.2, 0.25) is 0 Å². The van der Waals surface area contributed by atoms with E-state index in [0.29, 0.717) is 57.0 Å². The summed E-state index contributed by atoms with van der Waals surface area (Å²) in [4.78, 5) is 27.6. The predicted molar refractivity (Wildman–Crippen MR) is 132 cm³/mol. The van der Waals surface area contributed by atoms with Crippen LogP contribution in [0.25, 0.3) is 0 Å². The van der Waals surface area contributed by atoms with Crippen molar-refractivity contribution in [2.45, 2.75) is 0 Å². The Balaban J connectivity index is 0.00000408. The molecule has 1 aromatic carbocycles. The lowest BCUT2D eigenvalue weighted by atomic mass is 10.3. The number of para-hydroxylation sites is 1. The van der Waals surface area contributed by atoms with Gasteiger partial charge in [0, 0.05) is 31.0 Å². The van der Waals surface area contributed by atoms with Crippen molar-refractivity contribution >= 4 is 35.6 Å². The van der Waals surface area contributed by atoms with Crippen LogP contribution in [-0.2, 0) is 9.47 Å². The fourth-order valence-electron chi connectivity index (χ4n) is 2.89. The molecule has 1 amide bonds. The summed E-state index contributed by atoms with van der Waals surface area (Å²) in [6, 6.07) is 14.6. The first-order chi connectivity index (χ1) is 16.2. The first-order valence-corrected chi connectivity index (χ1v) is 10.5. The zero-order valence-corrected chi connectivity index (χ0v) is 19.7. The second kappa shape index (κ2) is 14.8. The average Bonchev–Trinajstić information content (AvgIpc) is 2.87. The van der Waals surface area contributed by atoms with Gasteiger partial charge in [0.05, 0.1) is 45.4 Å². The third kappa shape index (κ3) is 8.23. The minimum atomic E-state index is -0.369. The molecule has 11 heteroatoms. The number of nitrogens with two attached hydrogens (primary N) is 1. The quantitative estimate of drug-likeness (QED) is 0.349. The number of pyridine rings is 1. The van der Waals surface area contributed by atoms with Crippen molar-refractivity contribution in [2.75, 3.05) is 56.8 Å². The number of halogens is 1. The van der Waals surface area contributed by atoms with Crippen LogP contribution < -0.4 is 20.7 Å². The van der Waals surface area contributed by atoms with Gasteiger partial charge in [-0.3, -0.25) is 4.79 Å². The van der Waals surface area contributed by atoms with E-state index in [2.05, 4.69) is 20.3 Å². The number of aromatic nitrogens is 3. The van der Waals surface area contributed by atoms with E-state index in [1.807, 2.05) is 35.2 Å². The molecule has 0 aliphatic carbocycles. The molecule has 0 bridgehead atoms. The van der Waals surface area contributed by atoms with Crippen LogP contribution in [-0.4, -0.2) is 67.5 Å². The lowest BCUT2D eigenvalue weighted by molar-refractivity contribution is 0.0538. The highest BCUT2D eigenvalue weighted by Gasteiger charge is 2.16. The van der Waals surface area contributed by atoms with E-state index in [9.17, 15) is 4.79 Å². The number of methoxy groups -OCH3 is 1. The highest BCUT2D eigenvalue weighted by molar-refractivity contribution is 6.02. The van der Waals surface area contributed by atoms with Gasteiger partial charge in [0.1, 0.15) is 5.69 Å². The van der Waals surface area contributed by atoms with E-state index in [1.54, 1.807) is 24.4 Å². The number of rotatable bonds is 13. The first-order valence-electron chi connectivity index (χ1n) is 10.5. The van der Waals surface area contributed by atoms with Crippen LogP contribution in [0.15, 0.2) is 60.9 Å². The highest BCUT2D eigenvalue weighted by Crippen LogP contribution is 2.21. The first kappa shape index (κ1) is 26.9. The maximum absolute atomic E-state index is 12.7. The monoisotopic (exact) mass is 488 g/mol. The van der Waals surface area contributed by atoms with Crippen molar-refractivity contribution in [1.29, 1.82) is 0 Å². The molecule has 0 saturated carbocycles. The maximum Gasteiger partial charge on any atom is 0.274 e. The Labute approximate surface area is 204 Å². The molecule has 0 aliphatic heterocycles. The Hall–Kier alpha value is -3.31. The summed E-state index contributed by atoms with van der Waals surface area (Å²) in [7, 11) is 1.53. The molecule has 3 rings (SSSR count). The molecule has 0 aliphatic rings. The summed E-state index contributed by atoms with van der Waals surface area (Å²) in [6.07, 6.45) is 3.07. The van der Waals surface area contributed by atoms with Crippen LogP contribution in [0.4, 0.5) is 17.3 Å². The lowest BCUT2D eigenvalue weighted by Crippen LogP contribution is -2.26. The minimum Gasteiger partial charge on any atom is -0.481 e. The molecule has 0 saturated heterocycles. The van der Waals surface area contributed by atoms with Crippen molar-refractivity contribution in [3.8, 4) is 5.88 Å². The number of carbonyl (C=O) groups excluding carboxylic acids is 1. The van der Waals surface area contributed by atoms with E-state index < -0.39 is 0 Å². The molecule has 10 nitrogen and oxygen atoms in total. The largest absolute Gasteiger partial charge is 0.481 e. The highest BCUT2D eigenvalue weighted by atomic mass is 35.5. The van der Waals surface area contributed by atoms with E-state index in [0.717, 1.165) is 5.69 Å². The van der Waals surface area contributed by atoms with Crippen LogP contribution in [0, 0.1) is 0 Å². The summed E-state index contributed by atoms with van der Waals surface area (Å²) in [5.74, 6) is 0.487. The number of ether oxygens (including phenoxy) is 3. The van der Waals surface area contributed by atoms with Crippen molar-refractivity contribution in [1.82, 2.24) is 15.0 Å². The van der Waals surface area contributed by atoms with Gasteiger partial charge in [0.2, 0.25) is 11.8 Å². The fourth-order valence-corrected chi connectivity index (χ4v) is 2.89. The zero-order chi connectivity index (χ0) is 23.3. The molecule has 0 spiro atoms. The summed E-state index contributed by atoms with van der Waals surface area (Å²) in [5.41, 5.74) is 7.05. The second-order valence-corrected chi connectivity index (χ2v) is 6.79. The third-order valence-corrected chi connectivity index (χ3v) is 4.48. The summed E-state index contributed by atoms with van der Waals surface area (Å²) >= 11 is 0. The van der Waals surface area contributed by atoms with Gasteiger partial charge in [-0.2, -0.15) is 0 Å². The number of nitrogens with one attached hydrogen (secondary N) is 1. The van der Waals surface area contributed by atoms with Gasteiger partial charge in [0.25, 0.3) is 5.91 Å². The molecule has 3 N–H and O–H groups in total. The standard InChI is InChI=1S/C23H28N6O4.ClH/c1-31-21-8-7-18(17-26-21)27-22(30)20-9-11-25-23(28-20)29(19-5-3-2-4-6-19)12-14-33-16-15-32-13-10-24;/h2-9,11,17H,10,12-16,24H2,1H3,(H,27,30);1H. The lowest BCUT2D eigenvalue weighted by Gasteiger charge is -2.23. The number of hydrogen-bond acceptors (Lipinski definition) is 9. The number of nitrogens with zero attached hydrogens (tertiary/aromatic N) is 4. The molecule has 3 aromatic rings. The van der Waals surface area contributed by atoms with E-state index in [1.165, 1.54) is 13.3 Å². The van der Waals surface area contributed by atoms with Crippen LogP contribution in [0.5, 0.6) is 5.88 Å². The van der Waals surface area contributed by atoms with Gasteiger partial charge in [-0.25, -0.2) is 15.0 Å². The molecule has 2 heterocycles. The molecule has 0 radical (unpaired) electrons. The molecule has 0 atom stereocenters. The molecule has 34 heavy (non-hydrogen) atoms. The third-order valence-electron chi connectivity index (χ3n) is 4.48. The smallest absolute Gasteiger partial charge is 0.274 e. The fraction of sp³-hybridized carbons (Fsp3) is 0.304. The van der Waals surface area contributed by atoms with Gasteiger partial charge in [-0.15, -0.1) is 12.4 Å². The van der Waals surface area contributed by atoms with E-state index in [4.69, 9.17) is 19.9 Å². The van der Waals surface area contributed by atoms with Gasteiger partial charge < -0.3 is 30.2 Å². The summed E-state index contributed by atoms with van der Waals surface area (Å²) < 4.78 is 16.0. The zero-order valence-electron chi connectivity index (χ0n) is 18.9. The van der Waals surface area contributed by atoms with Crippen molar-refractivity contribution in [3.63, 3.8) is 0 Å². The normalized spacial score (nSPS) is 10.3. The SMILES string of the molecule is COc1ccc(NC(=O)c2ccnc(N(CCOCCOCCN)c3ccccc3)n2)cn1.Cl. The predicted octanol–water partition coefficient (Wildman–Crippen LogP) is 2.68. The molecular formula is C23H29ClN6O4. The number of anilines is 3. The van der Waals surface area contributed by atoms with Crippen molar-refractivity contribution in [2.24, 2.45) is 5.73 Å². The van der Waals surface area contributed by atoms with E-state index >= 15 is 0 Å². The van der Waals surface area contributed by atoms with E-state index in [-0.39, 0.29) is 24.0 Å². The van der Waals surface area contributed by atoms with Gasteiger partial charge in [-0.1, -0.05) is 18.2 Å². The Morgan fingerprint density at radius 1 is 1.00 bits per heavy atom. The van der Waals surface area contributed by atoms with Gasteiger partial charge in [0.15, 0.2) is 0 Å². The minimum absolute atomic E-state index is 0. The van der Waals surface area contributed by atoms with Crippen molar-refractivity contribution < 1.29 is 19.0 Å². The van der Waals surface area contributed by atoms with Gasteiger partial charge in [-0.05, 0) is 24.3 Å². The van der Waals surface area contributed by atoms with Gasteiger partial charge >= 0.3 is 0 Å². The molecule has 0 unspecified atom stereocenters. The molecular weight excluding hydrogens is 460 g/mol. The number of carbonyl (C=O) groups is 1. The summed E-state index contributed by atoms with van der Waals surface area (Å²) in [6.45, 7) is 2.86. The molecule has 2 aromatic heterocycles. The Kier molecular flexibility index (Phi) is 11.7. The molecule has 0 fully saturated rings. The van der Waals surface area contributed by atoms with Crippen LogP contribution >= 0.6 is 12.4 Å². The number of amides is 1. The summed E-state index contributed by atoms with van der Waals surface area (Å²) in [5, 5.41) is 2.78. The molecule has 182 valence electrons. The van der Waals surface area contributed by atoms with Crippen LogP contribution in [0.3, 0.4) is 0 Å². The number of hydrogen-bond donors (Lipinski definition) is 2. The number of benzene rings is 1. The Morgan fingerprint density at radius 2 is 1.76 bits per heavy atom. The topological polar surface area (TPSA) is 125 Å². The maximum atomic E-state index is 12.7.